The first-order valence-corrected chi connectivity index (χ1v) is 11.8. The minimum absolute atomic E-state index is 0.0346. The van der Waals surface area contributed by atoms with Crippen molar-refractivity contribution in [2.45, 2.75) is 31.7 Å². The zero-order valence-electron chi connectivity index (χ0n) is 19.6. The molecule has 2 aromatic rings. The molecule has 3 amide bonds. The largest absolute Gasteiger partial charge is 0.480 e. The SMILES string of the molecule is CCC(CC(=O)N1CCN(CC(=O)O)C(=O)C1)NC(=O)OCC1c2ccccc2-c2ccccc21. The molecule has 0 bridgehead atoms. The lowest BCUT2D eigenvalue weighted by molar-refractivity contribution is -0.150. The van der Waals surface area contributed by atoms with Crippen molar-refractivity contribution in [2.24, 2.45) is 0 Å². The van der Waals surface area contributed by atoms with E-state index in [9.17, 15) is 19.2 Å². The van der Waals surface area contributed by atoms with Crippen LogP contribution in [0.1, 0.15) is 36.8 Å². The van der Waals surface area contributed by atoms with Gasteiger partial charge in [-0.2, -0.15) is 0 Å². The lowest BCUT2D eigenvalue weighted by Crippen LogP contribution is -2.54. The predicted molar refractivity (Wildman–Crippen MR) is 128 cm³/mol. The summed E-state index contributed by atoms with van der Waals surface area (Å²) in [5, 5.41) is 11.6. The zero-order valence-corrected chi connectivity index (χ0v) is 19.6. The average Bonchev–Trinajstić information content (AvgIpc) is 3.17. The molecule has 1 unspecified atom stereocenters. The molecule has 0 saturated carbocycles. The number of amides is 3. The molecule has 0 aromatic heterocycles. The molecule has 2 aromatic carbocycles. The number of fused-ring (bicyclic) bond motifs is 3. The molecule has 9 nitrogen and oxygen atoms in total. The summed E-state index contributed by atoms with van der Waals surface area (Å²) >= 11 is 0. The van der Waals surface area contributed by atoms with Gasteiger partial charge < -0.3 is 25.0 Å². The summed E-state index contributed by atoms with van der Waals surface area (Å²) in [7, 11) is 0. The van der Waals surface area contributed by atoms with Gasteiger partial charge in [0.25, 0.3) is 0 Å². The monoisotopic (exact) mass is 479 g/mol. The molecule has 1 heterocycles. The zero-order chi connectivity index (χ0) is 24.9. The molecule has 35 heavy (non-hydrogen) atoms. The van der Waals surface area contributed by atoms with E-state index in [2.05, 4.69) is 17.4 Å². The second-order valence-corrected chi connectivity index (χ2v) is 8.80. The van der Waals surface area contributed by atoms with Gasteiger partial charge in [0.1, 0.15) is 13.2 Å². The third-order valence-corrected chi connectivity index (χ3v) is 6.58. The van der Waals surface area contributed by atoms with Crippen molar-refractivity contribution < 1.29 is 29.0 Å². The van der Waals surface area contributed by atoms with E-state index in [-0.39, 0.29) is 51.0 Å². The highest BCUT2D eigenvalue weighted by molar-refractivity contribution is 5.88. The molecule has 4 rings (SSSR count). The van der Waals surface area contributed by atoms with Gasteiger partial charge in [-0.1, -0.05) is 55.5 Å². The van der Waals surface area contributed by atoms with Gasteiger partial charge in [-0.15, -0.1) is 0 Å². The number of aliphatic carboxylic acids is 1. The number of carboxylic acids is 1. The average molecular weight is 480 g/mol. The van der Waals surface area contributed by atoms with Gasteiger partial charge in [0, 0.05) is 31.5 Å². The highest BCUT2D eigenvalue weighted by Gasteiger charge is 2.31. The number of piperazine rings is 1. The predicted octanol–water partition coefficient (Wildman–Crippen LogP) is 2.45. The van der Waals surface area contributed by atoms with Crippen LogP contribution in [0.25, 0.3) is 11.1 Å². The van der Waals surface area contributed by atoms with Crippen molar-refractivity contribution >= 4 is 23.9 Å². The van der Waals surface area contributed by atoms with Gasteiger partial charge in [0.05, 0.1) is 6.54 Å². The van der Waals surface area contributed by atoms with E-state index in [1.165, 1.54) is 9.80 Å². The summed E-state index contributed by atoms with van der Waals surface area (Å²) in [6.45, 7) is 1.95. The van der Waals surface area contributed by atoms with Gasteiger partial charge in [-0.25, -0.2) is 4.79 Å². The van der Waals surface area contributed by atoms with Crippen molar-refractivity contribution in [1.29, 1.82) is 0 Å². The Kier molecular flexibility index (Phi) is 7.33. The molecule has 1 atom stereocenters. The van der Waals surface area contributed by atoms with Gasteiger partial charge in [0.2, 0.25) is 11.8 Å². The van der Waals surface area contributed by atoms with Gasteiger partial charge in [0.15, 0.2) is 0 Å². The Labute approximate surface area is 203 Å². The lowest BCUT2D eigenvalue weighted by Gasteiger charge is -2.34. The quantitative estimate of drug-likeness (QED) is 0.601. The minimum Gasteiger partial charge on any atom is -0.480 e. The van der Waals surface area contributed by atoms with Gasteiger partial charge in [-0.05, 0) is 28.7 Å². The van der Waals surface area contributed by atoms with Crippen LogP contribution in [-0.2, 0) is 19.1 Å². The van der Waals surface area contributed by atoms with E-state index in [4.69, 9.17) is 9.84 Å². The molecule has 2 aliphatic rings. The van der Waals surface area contributed by atoms with Crippen LogP contribution < -0.4 is 5.32 Å². The van der Waals surface area contributed by atoms with E-state index in [0.29, 0.717) is 6.42 Å². The summed E-state index contributed by atoms with van der Waals surface area (Å²) in [6.07, 6.45) is -0.0377. The van der Waals surface area contributed by atoms with Crippen LogP contribution in [0.4, 0.5) is 4.79 Å². The highest BCUT2D eigenvalue weighted by Crippen LogP contribution is 2.44. The van der Waals surface area contributed by atoms with Crippen LogP contribution in [0.15, 0.2) is 48.5 Å². The Morgan fingerprint density at radius 2 is 1.69 bits per heavy atom. The van der Waals surface area contributed by atoms with Crippen molar-refractivity contribution in [3.8, 4) is 11.1 Å². The maximum Gasteiger partial charge on any atom is 0.407 e. The van der Waals surface area contributed by atoms with Crippen LogP contribution in [-0.4, -0.2) is 77.6 Å². The van der Waals surface area contributed by atoms with E-state index in [0.717, 1.165) is 22.3 Å². The molecule has 0 spiro atoms. The van der Waals surface area contributed by atoms with E-state index in [1.807, 2.05) is 43.3 Å². The van der Waals surface area contributed by atoms with E-state index < -0.39 is 24.0 Å². The van der Waals surface area contributed by atoms with Crippen molar-refractivity contribution in [2.75, 3.05) is 32.8 Å². The maximum atomic E-state index is 12.7. The first kappa shape index (κ1) is 24.3. The molecule has 2 N–H and O–H groups in total. The van der Waals surface area contributed by atoms with Crippen LogP contribution in [0.3, 0.4) is 0 Å². The number of alkyl carbamates (subject to hydrolysis) is 1. The van der Waals surface area contributed by atoms with Gasteiger partial charge in [-0.3, -0.25) is 14.4 Å². The molecule has 1 aliphatic carbocycles. The number of hydrogen-bond donors (Lipinski definition) is 2. The summed E-state index contributed by atoms with van der Waals surface area (Å²) in [5.74, 6) is -1.80. The Bertz CT molecular complexity index is 1090. The van der Waals surface area contributed by atoms with Crippen molar-refractivity contribution in [1.82, 2.24) is 15.1 Å². The Morgan fingerprint density at radius 3 is 2.26 bits per heavy atom. The summed E-state index contributed by atoms with van der Waals surface area (Å²) in [6, 6.07) is 15.7. The summed E-state index contributed by atoms with van der Waals surface area (Å²) in [5.41, 5.74) is 4.53. The van der Waals surface area contributed by atoms with Gasteiger partial charge >= 0.3 is 12.1 Å². The first-order chi connectivity index (χ1) is 16.9. The standard InChI is InChI=1S/C26H29N3O6/c1-2-17(13-23(30)28-11-12-29(15-25(32)33)24(31)14-28)27-26(34)35-16-22-20-9-5-3-7-18(20)19-8-4-6-10-21(19)22/h3-10,17,22H,2,11-16H2,1H3,(H,27,34)(H,32,33). The number of carbonyl (C=O) groups excluding carboxylic acids is 3. The van der Waals surface area contributed by atoms with Crippen LogP contribution in [0.2, 0.25) is 0 Å². The third-order valence-electron chi connectivity index (χ3n) is 6.58. The number of rotatable bonds is 8. The molecule has 1 aliphatic heterocycles. The summed E-state index contributed by atoms with van der Waals surface area (Å²) in [4.78, 5) is 50.9. The Balaban J connectivity index is 1.30. The molecule has 0 radical (unpaired) electrons. The smallest absolute Gasteiger partial charge is 0.407 e. The topological polar surface area (TPSA) is 116 Å². The third kappa shape index (κ3) is 5.45. The molecule has 1 fully saturated rings. The fraction of sp³-hybridized carbons (Fsp3) is 0.385. The summed E-state index contributed by atoms with van der Waals surface area (Å²) < 4.78 is 5.58. The second-order valence-electron chi connectivity index (χ2n) is 8.80. The normalized spacial score (nSPS) is 15.9. The molecule has 9 heteroatoms. The number of carboxylic acid groups (broad SMARTS) is 1. The fourth-order valence-corrected chi connectivity index (χ4v) is 4.70. The van der Waals surface area contributed by atoms with Crippen LogP contribution in [0, 0.1) is 0 Å². The van der Waals surface area contributed by atoms with Crippen LogP contribution in [0.5, 0.6) is 0 Å². The maximum absolute atomic E-state index is 12.7. The van der Waals surface area contributed by atoms with Crippen molar-refractivity contribution in [3.05, 3.63) is 59.7 Å². The van der Waals surface area contributed by atoms with E-state index in [1.54, 1.807) is 0 Å². The number of nitrogens with zero attached hydrogens (tertiary/aromatic N) is 2. The molecule has 1 saturated heterocycles. The lowest BCUT2D eigenvalue weighted by atomic mass is 9.98. The fourth-order valence-electron chi connectivity index (χ4n) is 4.70. The van der Waals surface area contributed by atoms with Crippen molar-refractivity contribution in [3.63, 3.8) is 0 Å². The number of ether oxygens (including phenoxy) is 1. The number of nitrogens with one attached hydrogen (secondary N) is 1. The van der Waals surface area contributed by atoms with Crippen LogP contribution >= 0.6 is 0 Å². The first-order valence-electron chi connectivity index (χ1n) is 11.8. The molecular weight excluding hydrogens is 450 g/mol. The highest BCUT2D eigenvalue weighted by atomic mass is 16.5. The second kappa shape index (κ2) is 10.6. The Morgan fingerprint density at radius 1 is 1.06 bits per heavy atom. The molecular formula is C26H29N3O6. The molecule has 184 valence electrons. The Hall–Kier alpha value is -3.88. The van der Waals surface area contributed by atoms with E-state index >= 15 is 0 Å². The number of hydrogen-bond acceptors (Lipinski definition) is 5. The number of carbonyl (C=O) groups is 4. The minimum atomic E-state index is -1.09. The number of benzene rings is 2.